The molecule has 0 radical (unpaired) electrons. The highest BCUT2D eigenvalue weighted by molar-refractivity contribution is 14.1. The normalized spacial score (nSPS) is 10.8. The van der Waals surface area contributed by atoms with Gasteiger partial charge in [-0.15, -0.1) is 0 Å². The van der Waals surface area contributed by atoms with E-state index < -0.39 is 0 Å². The molecule has 1 N–H and O–H groups in total. The lowest BCUT2D eigenvalue weighted by Gasteiger charge is -2.11. The Kier molecular flexibility index (Phi) is 5.20. The van der Waals surface area contributed by atoms with Crippen molar-refractivity contribution in [1.82, 2.24) is 9.78 Å². The molecule has 2 rings (SSSR count). The Bertz CT molecular complexity index is 625. The zero-order valence-electron chi connectivity index (χ0n) is 11.2. The van der Waals surface area contributed by atoms with Gasteiger partial charge in [-0.05, 0) is 46.7 Å². The van der Waals surface area contributed by atoms with Crippen molar-refractivity contribution in [2.75, 3.05) is 5.32 Å². The van der Waals surface area contributed by atoms with Gasteiger partial charge in [-0.3, -0.25) is 4.79 Å². The van der Waals surface area contributed by atoms with Crippen LogP contribution in [0.3, 0.4) is 0 Å². The van der Waals surface area contributed by atoms with Crippen LogP contribution in [0.25, 0.3) is 0 Å². The number of nitrogens with one attached hydrogen (secondary N) is 1. The third-order valence-corrected chi connectivity index (χ3v) is 4.10. The molecule has 1 aromatic heterocycles. The number of anilines is 1. The standard InChI is InChI=1S/C14H15BrIN3O/c1-9(2)8-19-13(5-6-17-19)18-14(20)11-7-10(15)3-4-12(11)16/h3-7,9H,8H2,1-2H3,(H,18,20). The van der Waals surface area contributed by atoms with Crippen LogP contribution in [0.2, 0.25) is 0 Å². The topological polar surface area (TPSA) is 46.9 Å². The van der Waals surface area contributed by atoms with Gasteiger partial charge < -0.3 is 5.32 Å². The van der Waals surface area contributed by atoms with Crippen molar-refractivity contribution in [3.05, 3.63) is 44.1 Å². The van der Waals surface area contributed by atoms with E-state index in [0.29, 0.717) is 11.5 Å². The number of benzene rings is 1. The van der Waals surface area contributed by atoms with Crippen molar-refractivity contribution in [1.29, 1.82) is 0 Å². The second kappa shape index (κ2) is 6.71. The summed E-state index contributed by atoms with van der Waals surface area (Å²) in [5, 5.41) is 7.15. The van der Waals surface area contributed by atoms with Gasteiger partial charge in [-0.2, -0.15) is 5.10 Å². The fourth-order valence-electron chi connectivity index (χ4n) is 1.79. The highest BCUT2D eigenvalue weighted by atomic mass is 127. The summed E-state index contributed by atoms with van der Waals surface area (Å²) in [4.78, 5) is 12.3. The lowest BCUT2D eigenvalue weighted by molar-refractivity contribution is 0.102. The predicted octanol–water partition coefficient (Wildman–Crippen LogP) is 4.16. The van der Waals surface area contributed by atoms with Crippen molar-refractivity contribution in [3.8, 4) is 0 Å². The molecule has 6 heteroatoms. The summed E-state index contributed by atoms with van der Waals surface area (Å²) < 4.78 is 3.62. The van der Waals surface area contributed by atoms with Crippen LogP contribution in [-0.4, -0.2) is 15.7 Å². The van der Waals surface area contributed by atoms with Crippen LogP contribution >= 0.6 is 38.5 Å². The molecule has 0 saturated carbocycles. The van der Waals surface area contributed by atoms with Crippen LogP contribution in [-0.2, 0) is 6.54 Å². The quantitative estimate of drug-likeness (QED) is 0.715. The highest BCUT2D eigenvalue weighted by Gasteiger charge is 2.13. The average molecular weight is 448 g/mol. The summed E-state index contributed by atoms with van der Waals surface area (Å²) in [6.07, 6.45) is 1.70. The molecule has 4 nitrogen and oxygen atoms in total. The van der Waals surface area contributed by atoms with E-state index in [4.69, 9.17) is 0 Å². The number of aromatic nitrogens is 2. The maximum atomic E-state index is 12.3. The Morgan fingerprint density at radius 2 is 2.20 bits per heavy atom. The Morgan fingerprint density at radius 1 is 1.45 bits per heavy atom. The zero-order chi connectivity index (χ0) is 14.7. The molecule has 20 heavy (non-hydrogen) atoms. The molecular formula is C14H15BrIN3O. The minimum Gasteiger partial charge on any atom is -0.307 e. The molecule has 0 spiro atoms. The Hall–Kier alpha value is -0.890. The molecular weight excluding hydrogens is 433 g/mol. The Morgan fingerprint density at radius 3 is 2.90 bits per heavy atom. The first-order chi connectivity index (χ1) is 9.47. The molecule has 0 aliphatic rings. The molecule has 0 bridgehead atoms. The summed E-state index contributed by atoms with van der Waals surface area (Å²) in [5.74, 6) is 1.07. The molecule has 1 heterocycles. The van der Waals surface area contributed by atoms with Crippen LogP contribution in [0, 0.1) is 9.49 Å². The molecule has 0 fully saturated rings. The first kappa shape index (κ1) is 15.5. The van der Waals surface area contributed by atoms with E-state index in [1.165, 1.54) is 0 Å². The molecule has 1 aromatic carbocycles. The van der Waals surface area contributed by atoms with Crippen molar-refractivity contribution in [2.45, 2.75) is 20.4 Å². The summed E-state index contributed by atoms with van der Waals surface area (Å²) in [6.45, 7) is 5.01. The van der Waals surface area contributed by atoms with E-state index in [1.807, 2.05) is 28.9 Å². The molecule has 1 amide bonds. The summed E-state index contributed by atoms with van der Waals surface area (Å²) in [5.41, 5.74) is 0.650. The number of hydrogen-bond acceptors (Lipinski definition) is 2. The van der Waals surface area contributed by atoms with Gasteiger partial charge in [0.05, 0.1) is 11.8 Å². The van der Waals surface area contributed by atoms with Crippen molar-refractivity contribution >= 4 is 50.2 Å². The number of amides is 1. The number of carbonyl (C=O) groups excluding carboxylic acids is 1. The van der Waals surface area contributed by atoms with E-state index in [2.05, 4.69) is 62.8 Å². The van der Waals surface area contributed by atoms with Crippen LogP contribution in [0.5, 0.6) is 0 Å². The number of halogens is 2. The summed E-state index contributed by atoms with van der Waals surface area (Å²) >= 11 is 5.55. The molecule has 2 aromatic rings. The lowest BCUT2D eigenvalue weighted by Crippen LogP contribution is -2.18. The fraction of sp³-hybridized carbons (Fsp3) is 0.286. The SMILES string of the molecule is CC(C)Cn1nccc1NC(=O)c1cc(Br)ccc1I. The fourth-order valence-corrected chi connectivity index (χ4v) is 2.73. The van der Waals surface area contributed by atoms with Crippen LogP contribution < -0.4 is 5.32 Å². The molecule has 0 aliphatic carbocycles. The number of rotatable bonds is 4. The van der Waals surface area contributed by atoms with E-state index in [-0.39, 0.29) is 5.91 Å². The van der Waals surface area contributed by atoms with Crippen molar-refractivity contribution in [3.63, 3.8) is 0 Å². The van der Waals surface area contributed by atoms with Crippen molar-refractivity contribution < 1.29 is 4.79 Å². The second-order valence-electron chi connectivity index (χ2n) is 4.87. The van der Waals surface area contributed by atoms with Gasteiger partial charge in [0.15, 0.2) is 0 Å². The minimum absolute atomic E-state index is 0.124. The molecule has 0 aliphatic heterocycles. The van der Waals surface area contributed by atoms with Gasteiger partial charge in [0, 0.05) is 20.7 Å². The smallest absolute Gasteiger partial charge is 0.257 e. The van der Waals surface area contributed by atoms with Gasteiger partial charge in [0.25, 0.3) is 5.91 Å². The van der Waals surface area contributed by atoms with E-state index in [0.717, 1.165) is 20.4 Å². The maximum absolute atomic E-state index is 12.3. The summed E-state index contributed by atoms with van der Waals surface area (Å²) in [7, 11) is 0. The summed E-state index contributed by atoms with van der Waals surface area (Å²) in [6, 6.07) is 7.46. The monoisotopic (exact) mass is 447 g/mol. The molecule has 0 unspecified atom stereocenters. The van der Waals surface area contributed by atoms with Gasteiger partial charge in [0.1, 0.15) is 5.82 Å². The van der Waals surface area contributed by atoms with Crippen molar-refractivity contribution in [2.24, 2.45) is 5.92 Å². The molecule has 106 valence electrons. The largest absolute Gasteiger partial charge is 0.307 e. The van der Waals surface area contributed by atoms with E-state index >= 15 is 0 Å². The molecule has 0 atom stereocenters. The first-order valence-corrected chi connectivity index (χ1v) is 8.12. The van der Waals surface area contributed by atoms with Gasteiger partial charge in [-0.25, -0.2) is 4.68 Å². The molecule has 0 saturated heterocycles. The third-order valence-electron chi connectivity index (χ3n) is 2.67. The third kappa shape index (κ3) is 3.82. The second-order valence-corrected chi connectivity index (χ2v) is 6.95. The van der Waals surface area contributed by atoms with Gasteiger partial charge in [0.2, 0.25) is 0 Å². The van der Waals surface area contributed by atoms with E-state index in [9.17, 15) is 4.79 Å². The van der Waals surface area contributed by atoms with E-state index in [1.54, 1.807) is 6.20 Å². The Labute approximate surface area is 140 Å². The van der Waals surface area contributed by atoms with Crippen LogP contribution in [0.15, 0.2) is 34.9 Å². The average Bonchev–Trinajstić information content (AvgIpc) is 2.78. The lowest BCUT2D eigenvalue weighted by atomic mass is 10.2. The van der Waals surface area contributed by atoms with Crippen LogP contribution in [0.4, 0.5) is 5.82 Å². The zero-order valence-corrected chi connectivity index (χ0v) is 15.0. The maximum Gasteiger partial charge on any atom is 0.257 e. The number of hydrogen-bond donors (Lipinski definition) is 1. The predicted molar refractivity (Wildman–Crippen MR) is 91.9 cm³/mol. The highest BCUT2D eigenvalue weighted by Crippen LogP contribution is 2.20. The van der Waals surface area contributed by atoms with Gasteiger partial charge in [-0.1, -0.05) is 29.8 Å². The van der Waals surface area contributed by atoms with Gasteiger partial charge >= 0.3 is 0 Å². The minimum atomic E-state index is -0.124. The Balaban J connectivity index is 2.20. The van der Waals surface area contributed by atoms with Crippen LogP contribution in [0.1, 0.15) is 24.2 Å². The number of nitrogens with zero attached hydrogens (tertiary/aromatic N) is 2. The number of carbonyl (C=O) groups is 1. The first-order valence-electron chi connectivity index (χ1n) is 6.25.